The molecule has 0 spiro atoms. The van der Waals surface area contributed by atoms with Gasteiger partial charge in [0.2, 0.25) is 5.75 Å². The molecule has 5 N–H and O–H groups in total. The highest BCUT2D eigenvalue weighted by Gasteiger charge is 2.53. The number of carbonyl (C=O) groups excluding carboxylic acids is 1. The summed E-state index contributed by atoms with van der Waals surface area (Å²) in [5.74, 6) is -2.00. The number of piperazine rings is 1. The summed E-state index contributed by atoms with van der Waals surface area (Å²) in [6.45, 7) is 6.51. The van der Waals surface area contributed by atoms with E-state index in [0.717, 1.165) is 13.1 Å². The smallest absolute Gasteiger partial charge is 0.339 e. The largest absolute Gasteiger partial charge is 0.504 e. The molecular weight excluding hydrogens is 496 g/mol. The highest BCUT2D eigenvalue weighted by atomic mass is 16.6. The Balaban J connectivity index is 1.46. The minimum absolute atomic E-state index is 0.00536. The second kappa shape index (κ2) is 10.2. The lowest BCUT2D eigenvalue weighted by molar-refractivity contribution is -0.235. The Morgan fingerprint density at radius 1 is 1.05 bits per heavy atom. The Hall–Kier alpha value is -3.09. The number of esters is 1. The Morgan fingerprint density at radius 2 is 1.76 bits per heavy atom. The molecule has 3 heterocycles. The van der Waals surface area contributed by atoms with Crippen LogP contribution in [0.5, 0.6) is 17.2 Å². The SMILES string of the molecule is COc1c(O)c(CN2CCN(c3ccc(C)cc3C)CC2)c2c(c1O)C1O[C@H](CO)[C@@H](O)[C@H](O)C1OC2=O. The van der Waals surface area contributed by atoms with Crippen molar-refractivity contribution in [1.82, 2.24) is 4.90 Å². The topological polar surface area (TPSA) is 152 Å². The van der Waals surface area contributed by atoms with Crippen LogP contribution in [0.25, 0.3) is 0 Å². The number of anilines is 1. The molecule has 2 fully saturated rings. The van der Waals surface area contributed by atoms with Crippen LogP contribution in [0.1, 0.15) is 38.7 Å². The van der Waals surface area contributed by atoms with Crippen molar-refractivity contribution in [1.29, 1.82) is 0 Å². The maximum atomic E-state index is 13.2. The lowest BCUT2D eigenvalue weighted by atomic mass is 9.84. The molecule has 5 atom stereocenters. The number of methoxy groups -OCH3 is 1. The first-order valence-corrected chi connectivity index (χ1v) is 12.7. The van der Waals surface area contributed by atoms with Gasteiger partial charge in [-0.25, -0.2) is 4.79 Å². The van der Waals surface area contributed by atoms with Crippen LogP contribution in [-0.4, -0.2) is 101 Å². The lowest BCUT2D eigenvalue weighted by Crippen LogP contribution is -2.58. The van der Waals surface area contributed by atoms with Gasteiger partial charge >= 0.3 is 5.97 Å². The second-order valence-electron chi connectivity index (χ2n) is 10.2. The second-order valence-corrected chi connectivity index (χ2v) is 10.2. The third-order valence-corrected chi connectivity index (χ3v) is 7.79. The van der Waals surface area contributed by atoms with Crippen molar-refractivity contribution >= 4 is 11.7 Å². The maximum absolute atomic E-state index is 13.2. The van der Waals surface area contributed by atoms with Gasteiger partial charge in [0.25, 0.3) is 0 Å². The fraction of sp³-hybridized carbons (Fsp3) is 0.519. The molecule has 38 heavy (non-hydrogen) atoms. The first-order valence-electron chi connectivity index (χ1n) is 12.7. The quantitative estimate of drug-likeness (QED) is 0.348. The standard InChI is InChI=1S/C27H34N2O9/c1-13-4-5-16(14(2)10-13)29-8-6-28(7-9-29)11-15-18-19(22(33)25(36-3)20(15)31)24-26(38-27(18)35)23(34)21(32)17(12-30)37-24/h4-5,10,17,21,23-24,26,30-34H,6-9,11-12H2,1-3H3/t17-,21-,23+,24?,26?/m1/s1. The third-order valence-electron chi connectivity index (χ3n) is 7.79. The van der Waals surface area contributed by atoms with Gasteiger partial charge in [-0.15, -0.1) is 0 Å². The molecule has 0 amide bonds. The van der Waals surface area contributed by atoms with E-state index in [-0.39, 0.29) is 34.7 Å². The summed E-state index contributed by atoms with van der Waals surface area (Å²) in [6, 6.07) is 6.36. The van der Waals surface area contributed by atoms with Gasteiger partial charge < -0.3 is 44.6 Å². The van der Waals surface area contributed by atoms with Crippen molar-refractivity contribution in [3.05, 3.63) is 46.0 Å². The minimum Gasteiger partial charge on any atom is -0.504 e. The zero-order chi connectivity index (χ0) is 27.3. The summed E-state index contributed by atoms with van der Waals surface area (Å²) in [5, 5.41) is 52.6. The van der Waals surface area contributed by atoms with Crippen LogP contribution in [0.3, 0.4) is 0 Å². The number of aryl methyl sites for hydroxylation is 2. The molecule has 2 saturated heterocycles. The normalized spacial score (nSPS) is 27.5. The van der Waals surface area contributed by atoms with Crippen molar-refractivity contribution in [2.45, 2.75) is 50.9 Å². The molecular formula is C27H34N2O9. The van der Waals surface area contributed by atoms with Crippen LogP contribution >= 0.6 is 0 Å². The zero-order valence-electron chi connectivity index (χ0n) is 21.6. The van der Waals surface area contributed by atoms with Crippen LogP contribution in [-0.2, 0) is 16.0 Å². The van der Waals surface area contributed by atoms with Gasteiger partial charge in [-0.05, 0) is 25.5 Å². The molecule has 0 aliphatic carbocycles. The summed E-state index contributed by atoms with van der Waals surface area (Å²) in [4.78, 5) is 17.6. The number of nitrogens with zero attached hydrogens (tertiary/aromatic N) is 2. The van der Waals surface area contributed by atoms with E-state index in [0.29, 0.717) is 13.1 Å². The van der Waals surface area contributed by atoms with Gasteiger partial charge in [0.15, 0.2) is 17.6 Å². The minimum atomic E-state index is -1.55. The van der Waals surface area contributed by atoms with E-state index in [1.54, 1.807) is 0 Å². The molecule has 11 nitrogen and oxygen atoms in total. The third kappa shape index (κ3) is 4.34. The molecule has 0 bridgehead atoms. The average Bonchev–Trinajstić information content (AvgIpc) is 2.89. The molecule has 0 aromatic heterocycles. The maximum Gasteiger partial charge on any atom is 0.339 e. The Morgan fingerprint density at radius 3 is 2.39 bits per heavy atom. The predicted octanol–water partition coefficient (Wildman–Crippen LogP) is 0.738. The van der Waals surface area contributed by atoms with Gasteiger partial charge in [-0.1, -0.05) is 17.7 Å². The van der Waals surface area contributed by atoms with Crippen LogP contribution in [0.2, 0.25) is 0 Å². The van der Waals surface area contributed by atoms with Crippen LogP contribution in [0.15, 0.2) is 18.2 Å². The van der Waals surface area contributed by atoms with Gasteiger partial charge in [-0.2, -0.15) is 0 Å². The van der Waals surface area contributed by atoms with Gasteiger partial charge in [0.1, 0.15) is 24.4 Å². The van der Waals surface area contributed by atoms with Gasteiger partial charge in [0.05, 0.1) is 19.3 Å². The number of fused-ring (bicyclic) bond motifs is 3. The van der Waals surface area contributed by atoms with E-state index < -0.39 is 48.8 Å². The van der Waals surface area contributed by atoms with E-state index in [2.05, 4.69) is 41.8 Å². The molecule has 11 heteroatoms. The molecule has 3 aliphatic rings. The highest BCUT2D eigenvalue weighted by Crippen LogP contribution is 2.52. The number of carbonyl (C=O) groups is 1. The fourth-order valence-electron chi connectivity index (χ4n) is 5.80. The summed E-state index contributed by atoms with van der Waals surface area (Å²) in [5.41, 5.74) is 3.71. The van der Waals surface area contributed by atoms with Crippen molar-refractivity contribution in [3.63, 3.8) is 0 Å². The molecule has 206 valence electrons. The molecule has 2 unspecified atom stereocenters. The average molecular weight is 531 g/mol. The lowest BCUT2D eigenvalue weighted by Gasteiger charge is -2.45. The number of phenols is 2. The van der Waals surface area contributed by atoms with E-state index in [4.69, 9.17) is 14.2 Å². The number of hydrogen-bond acceptors (Lipinski definition) is 11. The van der Waals surface area contributed by atoms with Crippen molar-refractivity contribution in [2.75, 3.05) is 44.8 Å². The predicted molar refractivity (Wildman–Crippen MR) is 136 cm³/mol. The number of hydrogen-bond donors (Lipinski definition) is 5. The summed E-state index contributed by atoms with van der Waals surface area (Å²) in [6.07, 6.45) is -6.72. The van der Waals surface area contributed by atoms with E-state index >= 15 is 0 Å². The van der Waals surface area contributed by atoms with Crippen molar-refractivity contribution in [3.8, 4) is 17.2 Å². The number of aliphatic hydroxyl groups is 3. The number of aromatic hydroxyl groups is 2. The van der Waals surface area contributed by atoms with Gasteiger partial charge in [-0.3, -0.25) is 4.90 Å². The first kappa shape index (κ1) is 26.5. The van der Waals surface area contributed by atoms with Crippen LogP contribution in [0, 0.1) is 13.8 Å². The number of benzene rings is 2. The van der Waals surface area contributed by atoms with E-state index in [1.165, 1.54) is 23.9 Å². The van der Waals surface area contributed by atoms with E-state index in [9.17, 15) is 30.3 Å². The number of ether oxygens (including phenoxy) is 3. The van der Waals surface area contributed by atoms with Crippen LogP contribution in [0.4, 0.5) is 5.69 Å². The summed E-state index contributed by atoms with van der Waals surface area (Å²) in [7, 11) is 1.28. The molecule has 3 aliphatic heterocycles. The van der Waals surface area contributed by atoms with Crippen molar-refractivity contribution in [2.24, 2.45) is 0 Å². The Kier molecular flexibility index (Phi) is 7.14. The molecule has 0 radical (unpaired) electrons. The molecule has 0 saturated carbocycles. The van der Waals surface area contributed by atoms with E-state index in [1.807, 2.05) is 0 Å². The molecule has 5 rings (SSSR count). The fourth-order valence-corrected chi connectivity index (χ4v) is 5.80. The summed E-state index contributed by atoms with van der Waals surface area (Å²) < 4.78 is 16.5. The molecule has 2 aromatic rings. The van der Waals surface area contributed by atoms with Crippen LogP contribution < -0.4 is 9.64 Å². The number of rotatable bonds is 5. The Labute approximate surface area is 220 Å². The Bertz CT molecular complexity index is 1230. The highest BCUT2D eigenvalue weighted by molar-refractivity contribution is 5.97. The molecule has 2 aromatic carbocycles. The van der Waals surface area contributed by atoms with Gasteiger partial charge in [0, 0.05) is 49.5 Å². The van der Waals surface area contributed by atoms with Crippen molar-refractivity contribution < 1.29 is 44.5 Å². The monoisotopic (exact) mass is 530 g/mol. The summed E-state index contributed by atoms with van der Waals surface area (Å²) >= 11 is 0. The number of aliphatic hydroxyl groups excluding tert-OH is 3. The first-order chi connectivity index (χ1) is 18.2. The zero-order valence-corrected chi connectivity index (χ0v) is 21.6. The number of phenolic OH excluding ortho intramolecular Hbond substituents is 2.